The van der Waals surface area contributed by atoms with Gasteiger partial charge in [-0.15, -0.1) is 0 Å². The molecule has 1 atom stereocenters. The number of benzene rings is 1. The normalized spacial score (nSPS) is 17.3. The van der Waals surface area contributed by atoms with Crippen LogP contribution >= 0.6 is 0 Å². The number of aromatic carboxylic acids is 1. The molecule has 0 spiro atoms. The average Bonchev–Trinajstić information content (AvgIpc) is 2.89. The average molecular weight is 262 g/mol. The van der Waals surface area contributed by atoms with E-state index in [4.69, 9.17) is 5.11 Å². The molecule has 2 N–H and O–H groups in total. The van der Waals surface area contributed by atoms with Gasteiger partial charge in [0, 0.05) is 18.8 Å². The van der Waals surface area contributed by atoms with Gasteiger partial charge < -0.3 is 15.3 Å². The van der Waals surface area contributed by atoms with E-state index in [1.165, 1.54) is 25.9 Å². The Labute approximate surface area is 114 Å². The van der Waals surface area contributed by atoms with Crippen molar-refractivity contribution in [2.45, 2.75) is 19.8 Å². The van der Waals surface area contributed by atoms with Gasteiger partial charge in [-0.3, -0.25) is 0 Å². The van der Waals surface area contributed by atoms with Crippen LogP contribution in [0.25, 0.3) is 0 Å². The fourth-order valence-electron chi connectivity index (χ4n) is 2.49. The van der Waals surface area contributed by atoms with Crippen molar-refractivity contribution in [3.8, 4) is 0 Å². The number of carboxylic acid groups (broad SMARTS) is 1. The molecule has 4 heteroatoms. The van der Waals surface area contributed by atoms with Gasteiger partial charge in [-0.2, -0.15) is 0 Å². The van der Waals surface area contributed by atoms with Crippen LogP contribution < -0.4 is 5.32 Å². The fourth-order valence-corrected chi connectivity index (χ4v) is 2.49. The van der Waals surface area contributed by atoms with Crippen LogP contribution in [0.4, 0.5) is 5.69 Å². The number of carbonyl (C=O) groups is 1. The van der Waals surface area contributed by atoms with Crippen LogP contribution in [0.2, 0.25) is 0 Å². The Kier molecular flexibility index (Phi) is 4.80. The minimum Gasteiger partial charge on any atom is -0.478 e. The van der Waals surface area contributed by atoms with Crippen molar-refractivity contribution in [3.05, 3.63) is 29.8 Å². The number of carboxylic acids is 1. The maximum absolute atomic E-state index is 10.7. The first-order chi connectivity index (χ1) is 9.15. The molecule has 0 radical (unpaired) electrons. The molecule has 1 heterocycles. The summed E-state index contributed by atoms with van der Waals surface area (Å²) in [4.78, 5) is 13.3. The molecule has 104 valence electrons. The molecule has 19 heavy (non-hydrogen) atoms. The maximum Gasteiger partial charge on any atom is 0.335 e. The number of nitrogens with one attached hydrogen (secondary N) is 1. The summed E-state index contributed by atoms with van der Waals surface area (Å²) in [5, 5.41) is 12.2. The van der Waals surface area contributed by atoms with Crippen molar-refractivity contribution in [3.63, 3.8) is 0 Å². The first-order valence-electron chi connectivity index (χ1n) is 6.95. The molecule has 4 nitrogen and oxygen atoms in total. The third-order valence-electron chi connectivity index (χ3n) is 3.56. The minimum atomic E-state index is -0.881. The number of hydrogen-bond acceptors (Lipinski definition) is 3. The first kappa shape index (κ1) is 13.9. The smallest absolute Gasteiger partial charge is 0.335 e. The van der Waals surface area contributed by atoms with E-state index in [0.717, 1.165) is 18.8 Å². The zero-order valence-electron chi connectivity index (χ0n) is 11.4. The third-order valence-corrected chi connectivity index (χ3v) is 3.56. The number of likely N-dealkylation sites (tertiary alicyclic amines) is 1. The van der Waals surface area contributed by atoms with Crippen LogP contribution in [0.5, 0.6) is 0 Å². The molecule has 1 fully saturated rings. The van der Waals surface area contributed by atoms with Crippen LogP contribution in [0.15, 0.2) is 24.3 Å². The molecule has 1 aliphatic rings. The Hall–Kier alpha value is -1.55. The molecular formula is C15H22N2O2. The van der Waals surface area contributed by atoms with Crippen molar-refractivity contribution < 1.29 is 9.90 Å². The zero-order valence-corrected chi connectivity index (χ0v) is 11.4. The van der Waals surface area contributed by atoms with Gasteiger partial charge in [0.2, 0.25) is 0 Å². The third kappa shape index (κ3) is 4.24. The molecule has 1 aromatic carbocycles. The Morgan fingerprint density at radius 3 is 2.53 bits per heavy atom. The first-order valence-corrected chi connectivity index (χ1v) is 6.95. The summed E-state index contributed by atoms with van der Waals surface area (Å²) in [6.07, 6.45) is 2.66. The van der Waals surface area contributed by atoms with E-state index in [0.29, 0.717) is 11.5 Å². The van der Waals surface area contributed by atoms with Gasteiger partial charge in [0.25, 0.3) is 0 Å². The van der Waals surface area contributed by atoms with E-state index in [2.05, 4.69) is 17.1 Å². The molecular weight excluding hydrogens is 240 g/mol. The predicted molar refractivity (Wildman–Crippen MR) is 76.7 cm³/mol. The van der Waals surface area contributed by atoms with Crippen LogP contribution in [0.1, 0.15) is 30.1 Å². The highest BCUT2D eigenvalue weighted by atomic mass is 16.4. The minimum absolute atomic E-state index is 0.329. The number of anilines is 1. The van der Waals surface area contributed by atoms with E-state index in [-0.39, 0.29) is 0 Å². The Balaban J connectivity index is 1.76. The summed E-state index contributed by atoms with van der Waals surface area (Å²) in [5.41, 5.74) is 1.31. The lowest BCUT2D eigenvalue weighted by Gasteiger charge is -2.20. The second-order valence-electron chi connectivity index (χ2n) is 5.38. The Morgan fingerprint density at radius 1 is 1.32 bits per heavy atom. The quantitative estimate of drug-likeness (QED) is 0.827. The highest BCUT2D eigenvalue weighted by Gasteiger charge is 2.14. The van der Waals surface area contributed by atoms with Gasteiger partial charge >= 0.3 is 5.97 Å². The summed E-state index contributed by atoms with van der Waals surface area (Å²) in [6.45, 7) is 6.77. The van der Waals surface area contributed by atoms with Gasteiger partial charge in [-0.05, 0) is 56.1 Å². The summed E-state index contributed by atoms with van der Waals surface area (Å²) in [7, 11) is 0. The maximum atomic E-state index is 10.7. The van der Waals surface area contributed by atoms with Crippen molar-refractivity contribution in [1.82, 2.24) is 4.90 Å². The van der Waals surface area contributed by atoms with Crippen LogP contribution in [-0.2, 0) is 0 Å². The summed E-state index contributed by atoms with van der Waals surface area (Å²) in [5.74, 6) is -0.286. The lowest BCUT2D eigenvalue weighted by molar-refractivity contribution is 0.0697. The monoisotopic (exact) mass is 262 g/mol. The Bertz CT molecular complexity index is 411. The van der Waals surface area contributed by atoms with Crippen LogP contribution in [-0.4, -0.2) is 42.2 Å². The van der Waals surface area contributed by atoms with Crippen molar-refractivity contribution in [1.29, 1.82) is 0 Å². The van der Waals surface area contributed by atoms with Gasteiger partial charge in [0.1, 0.15) is 0 Å². The van der Waals surface area contributed by atoms with E-state index in [1.54, 1.807) is 12.1 Å². The molecule has 0 bridgehead atoms. The topological polar surface area (TPSA) is 52.6 Å². The van der Waals surface area contributed by atoms with Crippen molar-refractivity contribution >= 4 is 11.7 Å². The highest BCUT2D eigenvalue weighted by molar-refractivity contribution is 5.87. The zero-order chi connectivity index (χ0) is 13.7. The largest absolute Gasteiger partial charge is 0.478 e. The number of rotatable bonds is 6. The predicted octanol–water partition coefficient (Wildman–Crippen LogP) is 2.53. The van der Waals surface area contributed by atoms with Crippen molar-refractivity contribution in [2.24, 2.45) is 5.92 Å². The SMILES string of the molecule is CC(CNc1ccc(C(=O)O)cc1)CN1CCCC1. The van der Waals surface area contributed by atoms with E-state index in [1.807, 2.05) is 12.1 Å². The van der Waals surface area contributed by atoms with Crippen molar-refractivity contribution in [2.75, 3.05) is 31.5 Å². The van der Waals surface area contributed by atoms with E-state index >= 15 is 0 Å². The summed E-state index contributed by atoms with van der Waals surface area (Å²) in [6, 6.07) is 6.92. The molecule has 1 aliphatic heterocycles. The van der Waals surface area contributed by atoms with E-state index in [9.17, 15) is 4.79 Å². The molecule has 0 saturated carbocycles. The molecule has 0 aliphatic carbocycles. The van der Waals surface area contributed by atoms with Crippen LogP contribution in [0.3, 0.4) is 0 Å². The van der Waals surface area contributed by atoms with Crippen LogP contribution in [0, 0.1) is 5.92 Å². The molecule has 1 aromatic rings. The van der Waals surface area contributed by atoms with E-state index < -0.39 is 5.97 Å². The number of nitrogens with zero attached hydrogens (tertiary/aromatic N) is 1. The van der Waals surface area contributed by atoms with Gasteiger partial charge in [-0.1, -0.05) is 6.92 Å². The number of hydrogen-bond donors (Lipinski definition) is 2. The standard InChI is InChI=1S/C15H22N2O2/c1-12(11-17-8-2-3-9-17)10-16-14-6-4-13(5-7-14)15(18)19/h4-7,12,16H,2-3,8-11H2,1H3,(H,18,19). The van der Waals surface area contributed by atoms with Gasteiger partial charge in [-0.25, -0.2) is 4.79 Å². The lowest BCUT2D eigenvalue weighted by Crippen LogP contribution is -2.28. The highest BCUT2D eigenvalue weighted by Crippen LogP contribution is 2.13. The van der Waals surface area contributed by atoms with Gasteiger partial charge in [0.15, 0.2) is 0 Å². The molecule has 1 unspecified atom stereocenters. The second-order valence-corrected chi connectivity index (χ2v) is 5.38. The molecule has 1 saturated heterocycles. The Morgan fingerprint density at radius 2 is 1.95 bits per heavy atom. The molecule has 0 aromatic heterocycles. The summed E-state index contributed by atoms with van der Waals surface area (Å²) >= 11 is 0. The molecule has 0 amide bonds. The molecule has 2 rings (SSSR count). The fraction of sp³-hybridized carbons (Fsp3) is 0.533. The summed E-state index contributed by atoms with van der Waals surface area (Å²) < 4.78 is 0. The second kappa shape index (κ2) is 6.57. The lowest BCUT2D eigenvalue weighted by atomic mass is 10.1. The van der Waals surface area contributed by atoms with Gasteiger partial charge in [0.05, 0.1) is 5.56 Å².